The molecule has 2 aliphatic heterocycles. The fraction of sp³-hybridized carbons (Fsp3) is 0.423. The van der Waals surface area contributed by atoms with Gasteiger partial charge in [-0.15, -0.1) is 0 Å². The molecule has 1 saturated heterocycles. The standard InChI is InChI=1S/C26H29N3O3/c1-2-27(16-18-8-4-3-5-9-18)24(30)19-10-7-15-28(17-19)22-12-6-11-21-23(22)26(32)29(25(21)31)20-13-14-20/h3-6,8-9,11-12,19-20H,2,7,10,13-17H2,1H3. The van der Waals surface area contributed by atoms with Gasteiger partial charge in [0.2, 0.25) is 5.91 Å². The van der Waals surface area contributed by atoms with Gasteiger partial charge < -0.3 is 9.80 Å². The number of rotatable bonds is 6. The van der Waals surface area contributed by atoms with Crippen molar-refractivity contribution in [2.75, 3.05) is 24.5 Å². The zero-order chi connectivity index (χ0) is 22.2. The van der Waals surface area contributed by atoms with Crippen molar-refractivity contribution in [3.8, 4) is 0 Å². The number of anilines is 1. The van der Waals surface area contributed by atoms with E-state index in [1.165, 1.54) is 4.90 Å². The highest BCUT2D eigenvalue weighted by molar-refractivity contribution is 6.24. The van der Waals surface area contributed by atoms with Crippen LogP contribution < -0.4 is 4.90 Å². The summed E-state index contributed by atoms with van der Waals surface area (Å²) in [7, 11) is 0. The molecule has 0 bridgehead atoms. The van der Waals surface area contributed by atoms with E-state index in [-0.39, 0.29) is 29.7 Å². The Morgan fingerprint density at radius 1 is 1.00 bits per heavy atom. The number of hydrogen-bond donors (Lipinski definition) is 0. The van der Waals surface area contributed by atoms with Gasteiger partial charge in [-0.25, -0.2) is 0 Å². The van der Waals surface area contributed by atoms with Gasteiger partial charge in [0.1, 0.15) is 0 Å². The van der Waals surface area contributed by atoms with Gasteiger partial charge in [0.15, 0.2) is 0 Å². The van der Waals surface area contributed by atoms with E-state index in [9.17, 15) is 14.4 Å². The second-order valence-corrected chi connectivity index (χ2v) is 9.03. The van der Waals surface area contributed by atoms with E-state index >= 15 is 0 Å². The van der Waals surface area contributed by atoms with Crippen LogP contribution >= 0.6 is 0 Å². The molecule has 1 unspecified atom stereocenters. The summed E-state index contributed by atoms with van der Waals surface area (Å²) in [5.74, 6) is -0.291. The number of benzene rings is 2. The number of carbonyl (C=O) groups is 3. The van der Waals surface area contributed by atoms with Crippen molar-refractivity contribution in [3.63, 3.8) is 0 Å². The van der Waals surface area contributed by atoms with Crippen LogP contribution in [0.25, 0.3) is 0 Å². The summed E-state index contributed by atoms with van der Waals surface area (Å²) in [5.41, 5.74) is 2.95. The third kappa shape index (κ3) is 3.68. The van der Waals surface area contributed by atoms with Gasteiger partial charge in [-0.3, -0.25) is 19.3 Å². The highest BCUT2D eigenvalue weighted by Crippen LogP contribution is 2.39. The van der Waals surface area contributed by atoms with Crippen molar-refractivity contribution in [2.24, 2.45) is 5.92 Å². The minimum Gasteiger partial charge on any atom is -0.370 e. The van der Waals surface area contributed by atoms with Crippen LogP contribution in [0.2, 0.25) is 0 Å². The molecule has 6 heteroatoms. The maximum Gasteiger partial charge on any atom is 0.263 e. The number of amides is 3. The van der Waals surface area contributed by atoms with Gasteiger partial charge in [0.05, 0.1) is 22.7 Å². The average Bonchev–Trinajstić information content (AvgIpc) is 3.63. The Hall–Kier alpha value is -3.15. The summed E-state index contributed by atoms with van der Waals surface area (Å²) in [5, 5.41) is 0. The molecule has 3 amide bonds. The molecule has 0 N–H and O–H groups in total. The molecule has 1 aliphatic carbocycles. The van der Waals surface area contributed by atoms with E-state index in [1.54, 1.807) is 6.07 Å². The third-order valence-corrected chi connectivity index (χ3v) is 6.86. The number of hydrogen-bond acceptors (Lipinski definition) is 4. The van der Waals surface area contributed by atoms with Crippen molar-refractivity contribution >= 4 is 23.4 Å². The predicted octanol–water partition coefficient (Wildman–Crippen LogP) is 3.71. The fourth-order valence-electron chi connectivity index (χ4n) is 5.02. The van der Waals surface area contributed by atoms with Crippen molar-refractivity contribution in [1.82, 2.24) is 9.80 Å². The van der Waals surface area contributed by atoms with E-state index in [2.05, 4.69) is 4.90 Å². The lowest BCUT2D eigenvalue weighted by Gasteiger charge is -2.36. The molecule has 2 aromatic rings. The second kappa shape index (κ2) is 8.41. The van der Waals surface area contributed by atoms with Crippen LogP contribution in [0.15, 0.2) is 48.5 Å². The molecule has 0 radical (unpaired) electrons. The SMILES string of the molecule is CCN(Cc1ccccc1)C(=O)C1CCCN(c2cccc3c2C(=O)N(C2CC2)C3=O)C1. The minimum absolute atomic E-state index is 0.0574. The van der Waals surface area contributed by atoms with E-state index in [1.807, 2.05) is 54.3 Å². The van der Waals surface area contributed by atoms with E-state index in [0.717, 1.165) is 43.5 Å². The van der Waals surface area contributed by atoms with Crippen LogP contribution in [-0.2, 0) is 11.3 Å². The zero-order valence-corrected chi connectivity index (χ0v) is 18.5. The minimum atomic E-state index is -0.171. The van der Waals surface area contributed by atoms with Gasteiger partial charge >= 0.3 is 0 Å². The molecular weight excluding hydrogens is 402 g/mol. The molecule has 0 spiro atoms. The number of nitrogens with zero attached hydrogens (tertiary/aromatic N) is 3. The fourth-order valence-corrected chi connectivity index (χ4v) is 5.02. The van der Waals surface area contributed by atoms with Gasteiger partial charge in [-0.1, -0.05) is 36.4 Å². The van der Waals surface area contributed by atoms with Crippen LogP contribution in [0.3, 0.4) is 0 Å². The van der Waals surface area contributed by atoms with Crippen LogP contribution in [0, 0.1) is 5.92 Å². The molecule has 2 heterocycles. The summed E-state index contributed by atoms with van der Waals surface area (Å²) >= 11 is 0. The Labute approximate surface area is 188 Å². The lowest BCUT2D eigenvalue weighted by molar-refractivity contribution is -0.136. The molecule has 1 saturated carbocycles. The molecule has 6 nitrogen and oxygen atoms in total. The monoisotopic (exact) mass is 431 g/mol. The van der Waals surface area contributed by atoms with Gasteiger partial charge in [0, 0.05) is 32.2 Å². The molecule has 3 aliphatic rings. The van der Waals surface area contributed by atoms with Gasteiger partial charge in [-0.05, 0) is 50.3 Å². The highest BCUT2D eigenvalue weighted by atomic mass is 16.2. The van der Waals surface area contributed by atoms with Crippen molar-refractivity contribution < 1.29 is 14.4 Å². The van der Waals surface area contributed by atoms with Crippen LogP contribution in [0.4, 0.5) is 5.69 Å². The first kappa shape index (κ1) is 20.7. The zero-order valence-electron chi connectivity index (χ0n) is 18.5. The van der Waals surface area contributed by atoms with E-state index in [0.29, 0.717) is 30.8 Å². The molecule has 5 rings (SSSR count). The number of piperidine rings is 1. The summed E-state index contributed by atoms with van der Waals surface area (Å²) in [6.45, 7) is 4.65. The molecule has 0 aromatic heterocycles. The summed E-state index contributed by atoms with van der Waals surface area (Å²) in [4.78, 5) is 44.8. The van der Waals surface area contributed by atoms with Crippen LogP contribution in [-0.4, -0.2) is 53.2 Å². The van der Waals surface area contributed by atoms with Crippen molar-refractivity contribution in [1.29, 1.82) is 0 Å². The lowest BCUT2D eigenvalue weighted by atomic mass is 9.94. The second-order valence-electron chi connectivity index (χ2n) is 9.03. The Morgan fingerprint density at radius 2 is 1.78 bits per heavy atom. The quantitative estimate of drug-likeness (QED) is 0.655. The Morgan fingerprint density at radius 3 is 2.50 bits per heavy atom. The molecule has 32 heavy (non-hydrogen) atoms. The highest BCUT2D eigenvalue weighted by Gasteiger charge is 2.46. The summed E-state index contributed by atoms with van der Waals surface area (Å²) in [6.07, 6.45) is 3.53. The van der Waals surface area contributed by atoms with Gasteiger partial charge in [-0.2, -0.15) is 0 Å². The number of imide groups is 1. The normalized spacial score (nSPS) is 20.5. The first-order valence-electron chi connectivity index (χ1n) is 11.7. The first-order chi connectivity index (χ1) is 15.6. The largest absolute Gasteiger partial charge is 0.370 e. The topological polar surface area (TPSA) is 60.9 Å². The van der Waals surface area contributed by atoms with Gasteiger partial charge in [0.25, 0.3) is 11.8 Å². The van der Waals surface area contributed by atoms with Crippen molar-refractivity contribution in [3.05, 3.63) is 65.2 Å². The Kier molecular flexibility index (Phi) is 5.45. The number of carbonyl (C=O) groups excluding carboxylic acids is 3. The maximum atomic E-state index is 13.4. The van der Waals surface area contributed by atoms with Crippen LogP contribution in [0.1, 0.15) is 58.9 Å². The summed E-state index contributed by atoms with van der Waals surface area (Å²) in [6, 6.07) is 15.7. The van der Waals surface area contributed by atoms with Crippen LogP contribution in [0.5, 0.6) is 0 Å². The smallest absolute Gasteiger partial charge is 0.263 e. The maximum absolute atomic E-state index is 13.4. The predicted molar refractivity (Wildman–Crippen MR) is 122 cm³/mol. The summed E-state index contributed by atoms with van der Waals surface area (Å²) < 4.78 is 0. The first-order valence-corrected chi connectivity index (χ1v) is 11.7. The van der Waals surface area contributed by atoms with E-state index in [4.69, 9.17) is 0 Å². The average molecular weight is 432 g/mol. The number of fused-ring (bicyclic) bond motifs is 1. The molecule has 1 atom stereocenters. The Bertz CT molecular complexity index is 1050. The third-order valence-electron chi connectivity index (χ3n) is 6.86. The molecule has 2 fully saturated rings. The lowest BCUT2D eigenvalue weighted by Crippen LogP contribution is -2.45. The Balaban J connectivity index is 1.35. The molecule has 166 valence electrons. The van der Waals surface area contributed by atoms with E-state index < -0.39 is 0 Å². The molecular formula is C26H29N3O3. The van der Waals surface area contributed by atoms with Crippen molar-refractivity contribution in [2.45, 2.75) is 45.2 Å². The molecule has 2 aromatic carbocycles.